The molecule has 0 aliphatic carbocycles. The maximum Gasteiger partial charge on any atom is 0.268 e. The van der Waals surface area contributed by atoms with Gasteiger partial charge in [0, 0.05) is 6.42 Å². The van der Waals surface area contributed by atoms with Crippen LogP contribution in [0.4, 0.5) is 0 Å². The highest BCUT2D eigenvalue weighted by Crippen LogP contribution is 2.38. The molecule has 2 N–H and O–H groups in total. The Kier molecular flexibility index (Phi) is 33.5. The topological polar surface area (TPSA) is 108 Å². The number of phosphoric acid groups is 1. The summed E-state index contributed by atoms with van der Waals surface area (Å²) in [5, 5.41) is 13.7. The van der Waals surface area contributed by atoms with E-state index in [2.05, 4.69) is 19.2 Å². The van der Waals surface area contributed by atoms with Crippen molar-refractivity contribution in [3.05, 3.63) is 12.2 Å². The lowest BCUT2D eigenvalue weighted by Crippen LogP contribution is -2.45. The number of amides is 1. The Labute approximate surface area is 310 Å². The fourth-order valence-electron chi connectivity index (χ4n) is 6.09. The van der Waals surface area contributed by atoms with E-state index in [1.54, 1.807) is 6.08 Å². The highest BCUT2D eigenvalue weighted by molar-refractivity contribution is 7.45. The Hall–Kier alpha value is -0.760. The molecule has 0 aliphatic rings. The second kappa shape index (κ2) is 34.0. The van der Waals surface area contributed by atoms with Gasteiger partial charge in [-0.1, -0.05) is 180 Å². The molecule has 0 spiro atoms. The molecule has 50 heavy (non-hydrogen) atoms. The number of unbranched alkanes of at least 4 members (excludes halogenated alkanes) is 25. The van der Waals surface area contributed by atoms with Crippen molar-refractivity contribution in [2.24, 2.45) is 0 Å². The lowest BCUT2D eigenvalue weighted by molar-refractivity contribution is -0.870. The van der Waals surface area contributed by atoms with Crippen LogP contribution in [0.15, 0.2) is 12.2 Å². The highest BCUT2D eigenvalue weighted by atomic mass is 31.2. The number of allylic oxidation sites excluding steroid dienone is 1. The molecule has 0 aromatic carbocycles. The third kappa shape index (κ3) is 35.6. The summed E-state index contributed by atoms with van der Waals surface area (Å²) < 4.78 is 23.1. The van der Waals surface area contributed by atoms with Gasteiger partial charge in [0.05, 0.1) is 39.9 Å². The molecule has 0 aromatic heterocycles. The van der Waals surface area contributed by atoms with E-state index in [4.69, 9.17) is 9.05 Å². The largest absolute Gasteiger partial charge is 0.756 e. The maximum atomic E-state index is 12.8. The molecule has 0 saturated carbocycles. The third-order valence-corrected chi connectivity index (χ3v) is 10.5. The number of hydrogen-bond donors (Lipinski definition) is 2. The van der Waals surface area contributed by atoms with Crippen LogP contribution in [-0.2, 0) is 18.4 Å². The van der Waals surface area contributed by atoms with Gasteiger partial charge in [-0.05, 0) is 19.3 Å². The van der Waals surface area contributed by atoms with Gasteiger partial charge < -0.3 is 28.8 Å². The number of nitrogens with zero attached hydrogens (tertiary/aromatic N) is 1. The van der Waals surface area contributed by atoms with Crippen LogP contribution in [0.2, 0.25) is 0 Å². The van der Waals surface area contributed by atoms with Crippen LogP contribution < -0.4 is 10.2 Å². The van der Waals surface area contributed by atoms with E-state index in [-0.39, 0.29) is 19.1 Å². The first-order valence-electron chi connectivity index (χ1n) is 21.1. The number of rotatable bonds is 38. The average Bonchev–Trinajstić information content (AvgIpc) is 3.06. The minimum atomic E-state index is -4.58. The monoisotopic (exact) mass is 731 g/mol. The standard InChI is InChI=1S/C41H83N2O6P/c1-6-8-10-12-14-16-18-20-21-23-25-27-29-31-33-35-41(45)42-39(38-49-50(46,47)48-37-36-43(3,4)5)40(44)34-32-30-28-26-24-22-19-17-15-13-11-9-7-2/h32,34,39-40,44H,6-31,33,35-38H2,1-5H3,(H-,42,45,46,47)/t39-,40+/m0/s1. The molecule has 8 nitrogen and oxygen atoms in total. The van der Waals surface area contributed by atoms with Crippen molar-refractivity contribution in [2.45, 2.75) is 206 Å². The normalized spacial score (nSPS) is 14.6. The molecular formula is C41H83N2O6P. The first-order chi connectivity index (χ1) is 24.0. The number of phosphoric ester groups is 1. The minimum Gasteiger partial charge on any atom is -0.756 e. The molecule has 298 valence electrons. The molecule has 0 aliphatic heterocycles. The van der Waals surface area contributed by atoms with Crippen LogP contribution in [0.3, 0.4) is 0 Å². The smallest absolute Gasteiger partial charge is 0.268 e. The van der Waals surface area contributed by atoms with Crippen molar-refractivity contribution in [2.75, 3.05) is 40.9 Å². The summed E-state index contributed by atoms with van der Waals surface area (Å²) in [5.41, 5.74) is 0. The molecule has 0 rings (SSSR count). The Morgan fingerprint density at radius 1 is 0.680 bits per heavy atom. The Bertz CT molecular complexity index is 834. The van der Waals surface area contributed by atoms with Gasteiger partial charge >= 0.3 is 0 Å². The summed E-state index contributed by atoms with van der Waals surface area (Å²) in [4.78, 5) is 25.2. The van der Waals surface area contributed by atoms with Crippen molar-refractivity contribution >= 4 is 13.7 Å². The first kappa shape index (κ1) is 49.2. The molecule has 0 aromatic rings. The fourth-order valence-corrected chi connectivity index (χ4v) is 6.82. The maximum absolute atomic E-state index is 12.8. The van der Waals surface area contributed by atoms with Gasteiger partial charge in [0.1, 0.15) is 13.2 Å². The number of aliphatic hydroxyl groups is 1. The summed E-state index contributed by atoms with van der Waals surface area (Å²) in [7, 11) is 1.27. The van der Waals surface area contributed by atoms with Crippen molar-refractivity contribution in [3.8, 4) is 0 Å². The van der Waals surface area contributed by atoms with E-state index >= 15 is 0 Å². The van der Waals surface area contributed by atoms with Crippen molar-refractivity contribution in [3.63, 3.8) is 0 Å². The van der Waals surface area contributed by atoms with Gasteiger partial charge in [-0.2, -0.15) is 0 Å². The van der Waals surface area contributed by atoms with Crippen molar-refractivity contribution in [1.29, 1.82) is 0 Å². The number of hydrogen-bond acceptors (Lipinski definition) is 6. The lowest BCUT2D eigenvalue weighted by atomic mass is 10.0. The van der Waals surface area contributed by atoms with Crippen LogP contribution in [0.25, 0.3) is 0 Å². The van der Waals surface area contributed by atoms with Gasteiger partial charge in [-0.25, -0.2) is 0 Å². The Balaban J connectivity index is 4.44. The zero-order chi connectivity index (χ0) is 37.2. The van der Waals surface area contributed by atoms with Crippen LogP contribution in [0.5, 0.6) is 0 Å². The number of aliphatic hydroxyl groups excluding tert-OH is 1. The molecule has 0 bridgehead atoms. The number of carbonyl (C=O) groups excluding carboxylic acids is 1. The fraction of sp³-hybridized carbons (Fsp3) is 0.927. The lowest BCUT2D eigenvalue weighted by Gasteiger charge is -2.29. The van der Waals surface area contributed by atoms with Gasteiger partial charge in [-0.3, -0.25) is 9.36 Å². The van der Waals surface area contributed by atoms with Crippen LogP contribution in [0.1, 0.15) is 194 Å². The molecular weight excluding hydrogens is 647 g/mol. The van der Waals surface area contributed by atoms with E-state index in [1.165, 1.54) is 135 Å². The quantitative estimate of drug-likeness (QED) is 0.0283. The number of nitrogens with one attached hydrogen (secondary N) is 1. The predicted molar refractivity (Wildman–Crippen MR) is 210 cm³/mol. The number of likely N-dealkylation sites (N-methyl/N-ethyl adjacent to an activating group) is 1. The minimum absolute atomic E-state index is 0.00190. The molecule has 0 radical (unpaired) electrons. The van der Waals surface area contributed by atoms with E-state index < -0.39 is 20.0 Å². The highest BCUT2D eigenvalue weighted by Gasteiger charge is 2.23. The SMILES string of the molecule is CCCCCCCCCCCCCC=C[C@@H](O)[C@H](COP(=O)([O-])OCC[N+](C)(C)C)NC(=O)CCCCCCCCCCCCCCCCC. The number of quaternary nitrogens is 1. The van der Waals surface area contributed by atoms with E-state index in [0.717, 1.165) is 38.5 Å². The summed E-state index contributed by atoms with van der Waals surface area (Å²) in [6, 6.07) is -0.878. The summed E-state index contributed by atoms with van der Waals surface area (Å²) in [6.45, 7) is 4.64. The summed E-state index contributed by atoms with van der Waals surface area (Å²) in [6.07, 6.45) is 36.7. The average molecular weight is 731 g/mol. The van der Waals surface area contributed by atoms with Crippen LogP contribution >= 0.6 is 7.82 Å². The summed E-state index contributed by atoms with van der Waals surface area (Å²) >= 11 is 0. The van der Waals surface area contributed by atoms with E-state index in [0.29, 0.717) is 17.4 Å². The molecule has 0 fully saturated rings. The van der Waals surface area contributed by atoms with Gasteiger partial charge in [0.15, 0.2) is 0 Å². The second-order valence-electron chi connectivity index (χ2n) is 15.7. The zero-order valence-corrected chi connectivity index (χ0v) is 34.5. The van der Waals surface area contributed by atoms with Gasteiger partial charge in [0.2, 0.25) is 5.91 Å². The van der Waals surface area contributed by atoms with Crippen LogP contribution in [0, 0.1) is 0 Å². The molecule has 0 saturated heterocycles. The van der Waals surface area contributed by atoms with Gasteiger partial charge in [0.25, 0.3) is 7.82 Å². The predicted octanol–water partition coefficient (Wildman–Crippen LogP) is 10.6. The molecule has 9 heteroatoms. The molecule has 1 amide bonds. The van der Waals surface area contributed by atoms with Crippen molar-refractivity contribution in [1.82, 2.24) is 5.32 Å². The van der Waals surface area contributed by atoms with E-state index in [1.807, 2.05) is 27.2 Å². The van der Waals surface area contributed by atoms with Crippen molar-refractivity contribution < 1.29 is 32.9 Å². The molecule has 1 unspecified atom stereocenters. The van der Waals surface area contributed by atoms with Gasteiger partial charge in [-0.15, -0.1) is 0 Å². The number of carbonyl (C=O) groups is 1. The molecule has 0 heterocycles. The molecule has 3 atom stereocenters. The summed E-state index contributed by atoms with van der Waals surface area (Å²) in [5.74, 6) is -0.196. The van der Waals surface area contributed by atoms with Crippen LogP contribution in [-0.4, -0.2) is 68.5 Å². The van der Waals surface area contributed by atoms with E-state index in [9.17, 15) is 19.4 Å². The zero-order valence-electron chi connectivity index (χ0n) is 33.6. The third-order valence-electron chi connectivity index (χ3n) is 9.50. The Morgan fingerprint density at radius 3 is 1.50 bits per heavy atom. The second-order valence-corrected chi connectivity index (χ2v) is 17.1. The Morgan fingerprint density at radius 2 is 1.08 bits per heavy atom. The first-order valence-corrected chi connectivity index (χ1v) is 22.5.